The molecule has 1 rings (SSSR count). The van der Waals surface area contributed by atoms with Gasteiger partial charge in [-0.15, -0.1) is 11.3 Å². The maximum absolute atomic E-state index is 11.1. The smallest absolute Gasteiger partial charge is 0.247 e. The normalized spacial score (nSPS) is 12.5. The zero-order valence-corrected chi connectivity index (χ0v) is 12.8. The fourth-order valence-corrected chi connectivity index (χ4v) is 3.10. The molecule has 0 aromatic carbocycles. The zero-order chi connectivity index (χ0) is 14.3. The lowest BCUT2D eigenvalue weighted by Crippen LogP contribution is -2.37. The monoisotopic (exact) mass is 304 g/mol. The van der Waals surface area contributed by atoms with Crippen LogP contribution in [-0.2, 0) is 16.6 Å². The molecular formula is C11H20N4O2S2. The van der Waals surface area contributed by atoms with Crippen molar-refractivity contribution in [3.05, 3.63) is 17.0 Å². The highest BCUT2D eigenvalue weighted by atomic mass is 32.2. The molecular weight excluding hydrogens is 284 g/mol. The van der Waals surface area contributed by atoms with Crippen LogP contribution in [0.25, 0.3) is 0 Å². The van der Waals surface area contributed by atoms with E-state index in [2.05, 4.69) is 22.5 Å². The Labute approximate surface area is 118 Å². The number of unbranched alkanes of at least 4 members (excludes halogenated alkanes) is 1. The number of nitrogens with two attached hydrogens (primary N) is 1. The fraction of sp³-hybridized carbons (Fsp3) is 0.545. The van der Waals surface area contributed by atoms with Crippen LogP contribution in [0.2, 0.25) is 0 Å². The lowest BCUT2D eigenvalue weighted by Gasteiger charge is -2.10. The summed E-state index contributed by atoms with van der Waals surface area (Å²) in [5, 5.41) is 11.4. The van der Waals surface area contributed by atoms with E-state index in [0.717, 1.165) is 35.6 Å². The molecule has 0 bridgehead atoms. The summed E-state index contributed by atoms with van der Waals surface area (Å²) in [4.78, 5) is 4.98. The van der Waals surface area contributed by atoms with E-state index in [1.165, 1.54) is 6.07 Å². The molecule has 0 saturated carbocycles. The second-order valence-electron chi connectivity index (χ2n) is 3.97. The van der Waals surface area contributed by atoms with Gasteiger partial charge in [-0.1, -0.05) is 13.3 Å². The second-order valence-corrected chi connectivity index (χ2v) is 6.93. The van der Waals surface area contributed by atoms with Crippen molar-refractivity contribution < 1.29 is 8.42 Å². The minimum atomic E-state index is -3.60. The zero-order valence-electron chi connectivity index (χ0n) is 11.1. The number of sulfonamides is 1. The Hall–Kier alpha value is -1.12. The van der Waals surface area contributed by atoms with E-state index in [-0.39, 0.29) is 4.21 Å². The average Bonchev–Trinajstić information content (AvgIpc) is 2.82. The summed E-state index contributed by atoms with van der Waals surface area (Å²) in [5.41, 5.74) is 0. The first-order chi connectivity index (χ1) is 8.97. The number of primary sulfonamides is 1. The van der Waals surface area contributed by atoms with Gasteiger partial charge in [0.1, 0.15) is 4.21 Å². The molecule has 0 aliphatic carbocycles. The molecule has 8 heteroatoms. The molecule has 0 saturated heterocycles. The van der Waals surface area contributed by atoms with Crippen molar-refractivity contribution in [2.45, 2.75) is 30.5 Å². The van der Waals surface area contributed by atoms with Crippen molar-refractivity contribution in [3.8, 4) is 0 Å². The van der Waals surface area contributed by atoms with E-state index >= 15 is 0 Å². The van der Waals surface area contributed by atoms with Crippen molar-refractivity contribution in [3.63, 3.8) is 0 Å². The Morgan fingerprint density at radius 1 is 1.42 bits per heavy atom. The van der Waals surface area contributed by atoms with E-state index < -0.39 is 10.0 Å². The predicted molar refractivity (Wildman–Crippen MR) is 78.8 cm³/mol. The molecule has 0 amide bonds. The van der Waals surface area contributed by atoms with Gasteiger partial charge >= 0.3 is 0 Å². The van der Waals surface area contributed by atoms with E-state index in [9.17, 15) is 8.42 Å². The maximum atomic E-state index is 11.1. The van der Waals surface area contributed by atoms with Gasteiger partial charge in [0.25, 0.3) is 0 Å². The first-order valence-electron chi connectivity index (χ1n) is 6.03. The van der Waals surface area contributed by atoms with E-state index in [1.54, 1.807) is 13.1 Å². The first kappa shape index (κ1) is 15.9. The SMILES string of the molecule is CCCCNC(=NC)NCc1ccc(S(N)(=O)=O)s1. The number of rotatable bonds is 6. The van der Waals surface area contributed by atoms with Gasteiger partial charge in [0.15, 0.2) is 5.96 Å². The van der Waals surface area contributed by atoms with Crippen molar-refractivity contribution in [1.82, 2.24) is 10.6 Å². The Kier molecular flexibility index (Phi) is 6.26. The third kappa shape index (κ3) is 5.58. The third-order valence-electron chi connectivity index (χ3n) is 2.39. The van der Waals surface area contributed by atoms with Gasteiger partial charge in [-0.05, 0) is 18.6 Å². The summed E-state index contributed by atoms with van der Waals surface area (Å²) in [6.45, 7) is 3.51. The van der Waals surface area contributed by atoms with Gasteiger partial charge in [-0.3, -0.25) is 4.99 Å². The van der Waals surface area contributed by atoms with Crippen LogP contribution in [0.4, 0.5) is 0 Å². The molecule has 19 heavy (non-hydrogen) atoms. The number of thiophene rings is 1. The highest BCUT2D eigenvalue weighted by molar-refractivity contribution is 7.91. The molecule has 0 fully saturated rings. The quantitative estimate of drug-likeness (QED) is 0.412. The summed E-state index contributed by atoms with van der Waals surface area (Å²) in [6, 6.07) is 3.26. The number of aliphatic imine (C=N–C) groups is 1. The van der Waals surface area contributed by atoms with E-state index in [4.69, 9.17) is 5.14 Å². The molecule has 1 heterocycles. The summed E-state index contributed by atoms with van der Waals surface area (Å²) < 4.78 is 22.5. The molecule has 0 aliphatic rings. The molecule has 108 valence electrons. The highest BCUT2D eigenvalue weighted by Gasteiger charge is 2.11. The lowest BCUT2D eigenvalue weighted by molar-refractivity contribution is 0.600. The first-order valence-corrected chi connectivity index (χ1v) is 8.39. The third-order valence-corrected chi connectivity index (χ3v) is 4.92. The van der Waals surface area contributed by atoms with Gasteiger partial charge < -0.3 is 10.6 Å². The summed E-state index contributed by atoms with van der Waals surface area (Å²) in [7, 11) is -1.90. The van der Waals surface area contributed by atoms with Crippen LogP contribution in [0.5, 0.6) is 0 Å². The van der Waals surface area contributed by atoms with Crippen molar-refractivity contribution in [1.29, 1.82) is 0 Å². The van der Waals surface area contributed by atoms with Crippen LogP contribution in [0.3, 0.4) is 0 Å². The molecule has 0 aliphatic heterocycles. The van der Waals surface area contributed by atoms with Crippen LogP contribution >= 0.6 is 11.3 Å². The maximum Gasteiger partial charge on any atom is 0.247 e. The fourth-order valence-electron chi connectivity index (χ4n) is 1.38. The minimum absolute atomic E-state index is 0.179. The number of nitrogens with one attached hydrogen (secondary N) is 2. The summed E-state index contributed by atoms with van der Waals surface area (Å²) >= 11 is 1.16. The van der Waals surface area contributed by atoms with Crippen LogP contribution in [0.1, 0.15) is 24.6 Å². The molecule has 1 aromatic heterocycles. The van der Waals surface area contributed by atoms with Crippen LogP contribution in [0.15, 0.2) is 21.3 Å². The van der Waals surface area contributed by atoms with Gasteiger partial charge in [-0.25, -0.2) is 13.6 Å². The number of hydrogen-bond donors (Lipinski definition) is 3. The average molecular weight is 304 g/mol. The van der Waals surface area contributed by atoms with Gasteiger partial charge in [0.05, 0.1) is 6.54 Å². The number of hydrogen-bond acceptors (Lipinski definition) is 4. The van der Waals surface area contributed by atoms with E-state index in [1.807, 2.05) is 0 Å². The standard InChI is InChI=1S/C11H20N4O2S2/c1-3-4-7-14-11(13-2)15-8-9-5-6-10(18-9)19(12,16)17/h5-6H,3-4,7-8H2,1-2H3,(H2,12,16,17)(H2,13,14,15). The molecule has 0 atom stereocenters. The van der Waals surface area contributed by atoms with Crippen molar-refractivity contribution >= 4 is 27.3 Å². The largest absolute Gasteiger partial charge is 0.356 e. The van der Waals surface area contributed by atoms with Crippen molar-refractivity contribution in [2.75, 3.05) is 13.6 Å². The lowest BCUT2D eigenvalue weighted by atomic mass is 10.3. The van der Waals surface area contributed by atoms with Crippen LogP contribution in [0, 0.1) is 0 Å². The summed E-state index contributed by atoms with van der Waals surface area (Å²) in [6.07, 6.45) is 2.20. The predicted octanol–water partition coefficient (Wildman–Crippen LogP) is 0.861. The Bertz CT molecular complexity index is 523. The molecule has 0 radical (unpaired) electrons. The van der Waals surface area contributed by atoms with Crippen molar-refractivity contribution in [2.24, 2.45) is 10.1 Å². The minimum Gasteiger partial charge on any atom is -0.356 e. The molecule has 4 N–H and O–H groups in total. The molecule has 0 spiro atoms. The highest BCUT2D eigenvalue weighted by Crippen LogP contribution is 2.19. The topological polar surface area (TPSA) is 96.6 Å². The Balaban J connectivity index is 2.49. The summed E-state index contributed by atoms with van der Waals surface area (Å²) in [5.74, 6) is 0.707. The molecule has 6 nitrogen and oxygen atoms in total. The molecule has 1 aromatic rings. The van der Waals surface area contributed by atoms with Gasteiger partial charge in [-0.2, -0.15) is 0 Å². The van der Waals surface area contributed by atoms with Crippen LogP contribution in [-0.4, -0.2) is 28.0 Å². The van der Waals surface area contributed by atoms with Gasteiger partial charge in [0, 0.05) is 18.5 Å². The Morgan fingerprint density at radius 3 is 2.68 bits per heavy atom. The number of nitrogens with zero attached hydrogens (tertiary/aromatic N) is 1. The Morgan fingerprint density at radius 2 is 2.16 bits per heavy atom. The van der Waals surface area contributed by atoms with Crippen LogP contribution < -0.4 is 15.8 Å². The second kappa shape index (κ2) is 7.46. The van der Waals surface area contributed by atoms with E-state index in [0.29, 0.717) is 12.5 Å². The molecule has 0 unspecified atom stereocenters. The number of guanidine groups is 1. The van der Waals surface area contributed by atoms with Gasteiger partial charge in [0.2, 0.25) is 10.0 Å².